The number of nitrogen functional groups attached to an aromatic ring is 1. The Labute approximate surface area is 133 Å². The molecule has 2 aromatic rings. The standard InChI is InChI=1S/C14H10BrClN2O3/c15-10-5-7(1-4-11(10)16)13(19)18-12-6-8(17)2-3-9(12)14(20)21/h1-6H,17H2,(H,18,19)(H,20,21). The van der Waals surface area contributed by atoms with Crippen LogP contribution in [0.1, 0.15) is 20.7 Å². The number of hydrogen-bond acceptors (Lipinski definition) is 3. The Kier molecular flexibility index (Phi) is 4.50. The second-order valence-corrected chi connectivity index (χ2v) is 5.45. The first kappa shape index (κ1) is 15.3. The molecule has 7 heteroatoms. The summed E-state index contributed by atoms with van der Waals surface area (Å²) in [6.45, 7) is 0. The lowest BCUT2D eigenvalue weighted by Gasteiger charge is -2.10. The zero-order chi connectivity index (χ0) is 15.6. The van der Waals surface area contributed by atoms with Gasteiger partial charge in [0.2, 0.25) is 0 Å². The number of carbonyl (C=O) groups excluding carboxylic acids is 1. The van der Waals surface area contributed by atoms with Crippen LogP contribution in [0.25, 0.3) is 0 Å². The van der Waals surface area contributed by atoms with Crippen molar-refractivity contribution in [1.82, 2.24) is 0 Å². The minimum atomic E-state index is -1.15. The highest BCUT2D eigenvalue weighted by molar-refractivity contribution is 9.10. The predicted octanol–water partition coefficient (Wildman–Crippen LogP) is 3.64. The molecule has 0 aliphatic heterocycles. The lowest BCUT2D eigenvalue weighted by Crippen LogP contribution is -2.15. The first-order valence-electron chi connectivity index (χ1n) is 5.77. The van der Waals surface area contributed by atoms with Crippen molar-refractivity contribution < 1.29 is 14.7 Å². The maximum absolute atomic E-state index is 12.2. The summed E-state index contributed by atoms with van der Waals surface area (Å²) in [5.74, 6) is -1.61. The molecule has 0 radical (unpaired) electrons. The Bertz CT molecular complexity index is 734. The van der Waals surface area contributed by atoms with Gasteiger partial charge in [0.15, 0.2) is 0 Å². The third-order valence-electron chi connectivity index (χ3n) is 2.70. The summed E-state index contributed by atoms with van der Waals surface area (Å²) in [6.07, 6.45) is 0. The Balaban J connectivity index is 2.33. The minimum Gasteiger partial charge on any atom is -0.478 e. The molecule has 0 heterocycles. The van der Waals surface area contributed by atoms with Gasteiger partial charge in [-0.2, -0.15) is 0 Å². The quantitative estimate of drug-likeness (QED) is 0.720. The summed E-state index contributed by atoms with van der Waals surface area (Å²) >= 11 is 9.08. The fourth-order valence-corrected chi connectivity index (χ4v) is 2.18. The highest BCUT2D eigenvalue weighted by Gasteiger charge is 2.14. The van der Waals surface area contributed by atoms with Crippen LogP contribution in [0.4, 0.5) is 11.4 Å². The number of benzene rings is 2. The molecule has 0 aromatic heterocycles. The topological polar surface area (TPSA) is 92.4 Å². The summed E-state index contributed by atoms with van der Waals surface area (Å²) in [5.41, 5.74) is 6.41. The zero-order valence-electron chi connectivity index (χ0n) is 10.6. The first-order chi connectivity index (χ1) is 9.88. The van der Waals surface area contributed by atoms with E-state index in [0.717, 1.165) is 0 Å². The first-order valence-corrected chi connectivity index (χ1v) is 6.95. The lowest BCUT2D eigenvalue weighted by atomic mass is 10.1. The van der Waals surface area contributed by atoms with Crippen LogP contribution in [0.2, 0.25) is 5.02 Å². The van der Waals surface area contributed by atoms with E-state index in [0.29, 0.717) is 20.7 Å². The van der Waals surface area contributed by atoms with Crippen LogP contribution in [0.5, 0.6) is 0 Å². The molecule has 1 amide bonds. The molecule has 2 aromatic carbocycles. The molecule has 0 saturated carbocycles. The number of carboxylic acids is 1. The molecule has 0 atom stereocenters. The van der Waals surface area contributed by atoms with E-state index in [2.05, 4.69) is 21.2 Å². The second kappa shape index (κ2) is 6.15. The van der Waals surface area contributed by atoms with Crippen molar-refractivity contribution in [3.05, 3.63) is 57.0 Å². The normalized spacial score (nSPS) is 10.2. The number of hydrogen-bond donors (Lipinski definition) is 3. The van der Waals surface area contributed by atoms with Gasteiger partial charge in [-0.25, -0.2) is 4.79 Å². The van der Waals surface area contributed by atoms with Crippen LogP contribution >= 0.6 is 27.5 Å². The van der Waals surface area contributed by atoms with Crippen LogP contribution in [0.3, 0.4) is 0 Å². The highest BCUT2D eigenvalue weighted by Crippen LogP contribution is 2.25. The van der Waals surface area contributed by atoms with Gasteiger partial charge in [-0.15, -0.1) is 0 Å². The molecule has 5 nitrogen and oxygen atoms in total. The number of anilines is 2. The molecule has 0 unspecified atom stereocenters. The van der Waals surface area contributed by atoms with E-state index >= 15 is 0 Å². The molecule has 0 spiro atoms. The van der Waals surface area contributed by atoms with Gasteiger partial charge in [-0.05, 0) is 52.3 Å². The van der Waals surface area contributed by atoms with Crippen molar-refractivity contribution in [2.75, 3.05) is 11.1 Å². The number of amides is 1. The monoisotopic (exact) mass is 368 g/mol. The number of carbonyl (C=O) groups is 2. The number of nitrogens with one attached hydrogen (secondary N) is 1. The van der Waals surface area contributed by atoms with Crippen molar-refractivity contribution >= 4 is 50.8 Å². The fourth-order valence-electron chi connectivity index (χ4n) is 1.68. The molecule has 0 aliphatic rings. The van der Waals surface area contributed by atoms with E-state index in [1.165, 1.54) is 24.3 Å². The Morgan fingerprint density at radius 2 is 1.90 bits per heavy atom. The average Bonchev–Trinajstić information content (AvgIpc) is 2.41. The summed E-state index contributed by atoms with van der Waals surface area (Å²) in [5, 5.41) is 12.1. The van der Waals surface area contributed by atoms with Crippen molar-refractivity contribution in [3.8, 4) is 0 Å². The van der Waals surface area contributed by atoms with E-state index in [-0.39, 0.29) is 11.3 Å². The Morgan fingerprint density at radius 3 is 2.52 bits per heavy atom. The van der Waals surface area contributed by atoms with E-state index < -0.39 is 11.9 Å². The zero-order valence-corrected chi connectivity index (χ0v) is 12.9. The van der Waals surface area contributed by atoms with Crippen molar-refractivity contribution in [2.24, 2.45) is 0 Å². The molecule has 4 N–H and O–H groups in total. The van der Waals surface area contributed by atoms with Gasteiger partial charge >= 0.3 is 5.97 Å². The van der Waals surface area contributed by atoms with Gasteiger partial charge in [-0.1, -0.05) is 11.6 Å². The molecule has 0 saturated heterocycles. The van der Waals surface area contributed by atoms with E-state index in [1.807, 2.05) is 0 Å². The Hall–Kier alpha value is -2.05. The van der Waals surface area contributed by atoms with Crippen LogP contribution in [-0.4, -0.2) is 17.0 Å². The molecule has 108 valence electrons. The summed E-state index contributed by atoms with van der Waals surface area (Å²) < 4.78 is 0.572. The van der Waals surface area contributed by atoms with Gasteiger partial charge in [0.1, 0.15) is 0 Å². The third-order valence-corrected chi connectivity index (χ3v) is 3.92. The molecule has 0 fully saturated rings. The van der Waals surface area contributed by atoms with Gasteiger partial charge in [0.05, 0.1) is 16.3 Å². The fraction of sp³-hybridized carbons (Fsp3) is 0. The SMILES string of the molecule is Nc1ccc(C(=O)O)c(NC(=O)c2ccc(Cl)c(Br)c2)c1. The van der Waals surface area contributed by atoms with Crippen LogP contribution in [0.15, 0.2) is 40.9 Å². The van der Waals surface area contributed by atoms with Gasteiger partial charge in [0.25, 0.3) is 5.91 Å². The third kappa shape index (κ3) is 3.53. The summed E-state index contributed by atoms with van der Waals surface area (Å²) in [7, 11) is 0. The molecule has 2 rings (SSSR count). The van der Waals surface area contributed by atoms with E-state index in [4.69, 9.17) is 22.4 Å². The van der Waals surface area contributed by atoms with E-state index in [1.54, 1.807) is 12.1 Å². The number of carboxylic acid groups (broad SMARTS) is 1. The summed E-state index contributed by atoms with van der Waals surface area (Å²) in [6, 6.07) is 8.84. The number of aromatic carboxylic acids is 1. The smallest absolute Gasteiger partial charge is 0.337 e. The predicted molar refractivity (Wildman–Crippen MR) is 84.9 cm³/mol. The lowest BCUT2D eigenvalue weighted by molar-refractivity contribution is 0.0698. The number of halogens is 2. The van der Waals surface area contributed by atoms with E-state index in [9.17, 15) is 9.59 Å². The summed E-state index contributed by atoms with van der Waals surface area (Å²) in [4.78, 5) is 23.3. The molecule has 0 aliphatic carbocycles. The number of rotatable bonds is 3. The van der Waals surface area contributed by atoms with Crippen LogP contribution in [-0.2, 0) is 0 Å². The molecular formula is C14H10BrClN2O3. The van der Waals surface area contributed by atoms with Gasteiger partial charge in [0, 0.05) is 15.7 Å². The maximum atomic E-state index is 12.2. The average molecular weight is 370 g/mol. The van der Waals surface area contributed by atoms with Crippen molar-refractivity contribution in [3.63, 3.8) is 0 Å². The van der Waals surface area contributed by atoms with Crippen LogP contribution in [0, 0.1) is 0 Å². The number of nitrogens with two attached hydrogens (primary N) is 1. The highest BCUT2D eigenvalue weighted by atomic mass is 79.9. The van der Waals surface area contributed by atoms with Crippen molar-refractivity contribution in [1.29, 1.82) is 0 Å². The minimum absolute atomic E-state index is 0.0365. The second-order valence-electron chi connectivity index (χ2n) is 4.19. The van der Waals surface area contributed by atoms with Gasteiger partial charge in [-0.3, -0.25) is 4.79 Å². The largest absolute Gasteiger partial charge is 0.478 e. The van der Waals surface area contributed by atoms with Crippen LogP contribution < -0.4 is 11.1 Å². The maximum Gasteiger partial charge on any atom is 0.337 e. The van der Waals surface area contributed by atoms with Crippen molar-refractivity contribution in [2.45, 2.75) is 0 Å². The molecule has 0 bridgehead atoms. The Morgan fingerprint density at radius 1 is 1.19 bits per heavy atom. The van der Waals surface area contributed by atoms with Gasteiger partial charge < -0.3 is 16.2 Å². The molecular weight excluding hydrogens is 360 g/mol. The molecule has 21 heavy (non-hydrogen) atoms.